The van der Waals surface area contributed by atoms with Crippen LogP contribution in [0.1, 0.15) is 18.9 Å². The molecule has 14 heavy (non-hydrogen) atoms. The smallest absolute Gasteiger partial charge is 0.387 e. The van der Waals surface area contributed by atoms with Gasteiger partial charge in [-0.3, -0.25) is 0 Å². The second-order valence-electron chi connectivity index (χ2n) is 2.89. The van der Waals surface area contributed by atoms with Crippen LogP contribution in [0.3, 0.4) is 0 Å². The van der Waals surface area contributed by atoms with Crippen molar-refractivity contribution in [2.45, 2.75) is 26.4 Å². The number of hydrogen-bond donors (Lipinski definition) is 0. The first-order valence-corrected chi connectivity index (χ1v) is 4.36. The summed E-state index contributed by atoms with van der Waals surface area (Å²) in [6, 6.07) is 4.04. The minimum Gasteiger partial charge on any atom is -0.432 e. The Morgan fingerprint density at radius 3 is 2.57 bits per heavy atom. The summed E-state index contributed by atoms with van der Waals surface area (Å²) in [5.74, 6) is -1.14. The van der Waals surface area contributed by atoms with E-state index in [-0.39, 0.29) is 0 Å². The monoisotopic (exact) mass is 204 g/mol. The van der Waals surface area contributed by atoms with E-state index in [1.54, 1.807) is 6.07 Å². The molecule has 0 spiro atoms. The van der Waals surface area contributed by atoms with Crippen LogP contribution in [0.2, 0.25) is 0 Å². The highest BCUT2D eigenvalue weighted by Crippen LogP contribution is 2.20. The summed E-state index contributed by atoms with van der Waals surface area (Å²) in [6.07, 6.45) is 1.61. The maximum atomic E-state index is 13.1. The Kier molecular flexibility index (Phi) is 3.80. The Bertz CT molecular complexity index is 299. The highest BCUT2D eigenvalue weighted by molar-refractivity contribution is 5.29. The molecule has 1 aromatic rings. The topological polar surface area (TPSA) is 9.23 Å². The molecule has 0 N–H and O–H groups in total. The maximum absolute atomic E-state index is 13.1. The molecule has 1 aromatic carbocycles. The molecule has 0 heterocycles. The third-order valence-corrected chi connectivity index (χ3v) is 1.75. The fourth-order valence-corrected chi connectivity index (χ4v) is 1.18. The molecule has 0 aliphatic rings. The second kappa shape index (κ2) is 4.88. The Morgan fingerprint density at radius 1 is 1.36 bits per heavy atom. The predicted molar refractivity (Wildman–Crippen MR) is 47.0 cm³/mol. The van der Waals surface area contributed by atoms with E-state index in [9.17, 15) is 13.2 Å². The normalized spacial score (nSPS) is 10.6. The second-order valence-corrected chi connectivity index (χ2v) is 2.89. The minimum absolute atomic E-state index is 0.403. The molecular weight excluding hydrogens is 193 g/mol. The van der Waals surface area contributed by atoms with Crippen LogP contribution in [0.25, 0.3) is 0 Å². The molecule has 0 bridgehead atoms. The average molecular weight is 204 g/mol. The zero-order valence-electron chi connectivity index (χ0n) is 7.77. The molecule has 0 atom stereocenters. The van der Waals surface area contributed by atoms with Crippen LogP contribution in [0, 0.1) is 5.82 Å². The van der Waals surface area contributed by atoms with Gasteiger partial charge in [0.2, 0.25) is 0 Å². The fraction of sp³-hybridized carbons (Fsp3) is 0.400. The Hall–Kier alpha value is -1.19. The summed E-state index contributed by atoms with van der Waals surface area (Å²) >= 11 is 0. The molecule has 0 fully saturated rings. The lowest BCUT2D eigenvalue weighted by atomic mass is 10.1. The third-order valence-electron chi connectivity index (χ3n) is 1.75. The third kappa shape index (κ3) is 2.94. The highest BCUT2D eigenvalue weighted by Gasteiger charge is 2.09. The van der Waals surface area contributed by atoms with Gasteiger partial charge in [-0.15, -0.1) is 0 Å². The van der Waals surface area contributed by atoms with Gasteiger partial charge in [-0.2, -0.15) is 8.78 Å². The molecule has 0 saturated carbocycles. The number of aryl methyl sites for hydroxylation is 1. The number of halogens is 3. The first kappa shape index (κ1) is 10.9. The fourth-order valence-electron chi connectivity index (χ4n) is 1.18. The summed E-state index contributed by atoms with van der Waals surface area (Å²) in [5.41, 5.74) is 0.784. The van der Waals surface area contributed by atoms with Crippen molar-refractivity contribution in [3.05, 3.63) is 29.6 Å². The summed E-state index contributed by atoms with van der Waals surface area (Å²) in [7, 11) is 0. The van der Waals surface area contributed by atoms with Crippen LogP contribution in [-0.2, 0) is 6.42 Å². The molecule has 0 radical (unpaired) electrons. The average Bonchev–Trinajstić information content (AvgIpc) is 2.10. The highest BCUT2D eigenvalue weighted by atomic mass is 19.3. The molecular formula is C10H11F3O. The molecule has 0 saturated heterocycles. The van der Waals surface area contributed by atoms with E-state index in [0.717, 1.165) is 18.4 Å². The predicted octanol–water partition coefficient (Wildman–Crippen LogP) is 3.38. The number of ether oxygens (including phenoxy) is 1. The van der Waals surface area contributed by atoms with Crippen molar-refractivity contribution in [2.24, 2.45) is 0 Å². The van der Waals surface area contributed by atoms with Crippen molar-refractivity contribution in [2.75, 3.05) is 0 Å². The van der Waals surface area contributed by atoms with Gasteiger partial charge in [0.25, 0.3) is 0 Å². The largest absolute Gasteiger partial charge is 0.432 e. The van der Waals surface area contributed by atoms with Gasteiger partial charge in [0.1, 0.15) is 0 Å². The molecule has 1 nitrogen and oxygen atoms in total. The molecule has 4 heteroatoms. The van der Waals surface area contributed by atoms with Gasteiger partial charge >= 0.3 is 6.61 Å². The Labute approximate surface area is 80.5 Å². The van der Waals surface area contributed by atoms with Crippen molar-refractivity contribution < 1.29 is 17.9 Å². The van der Waals surface area contributed by atoms with Crippen LogP contribution < -0.4 is 4.74 Å². The molecule has 0 unspecified atom stereocenters. The lowest BCUT2D eigenvalue weighted by Gasteiger charge is -2.06. The summed E-state index contributed by atoms with van der Waals surface area (Å²) in [6.45, 7) is -1.02. The van der Waals surface area contributed by atoms with Gasteiger partial charge in [0, 0.05) is 0 Å². The van der Waals surface area contributed by atoms with Crippen molar-refractivity contribution in [1.82, 2.24) is 0 Å². The molecule has 78 valence electrons. The summed E-state index contributed by atoms with van der Waals surface area (Å²) in [4.78, 5) is 0. The first-order chi connectivity index (χ1) is 6.63. The van der Waals surface area contributed by atoms with Crippen molar-refractivity contribution in [3.8, 4) is 5.75 Å². The minimum atomic E-state index is -2.98. The molecule has 0 aliphatic carbocycles. The van der Waals surface area contributed by atoms with Crippen LogP contribution in [0.15, 0.2) is 18.2 Å². The van der Waals surface area contributed by atoms with Crippen molar-refractivity contribution in [3.63, 3.8) is 0 Å². The van der Waals surface area contributed by atoms with Gasteiger partial charge in [0.05, 0.1) is 0 Å². The quantitative estimate of drug-likeness (QED) is 0.730. The molecule has 1 rings (SSSR count). The standard InChI is InChI=1S/C10H11F3O/c1-2-3-7-4-5-9(8(11)6-7)14-10(12)13/h4-6,10H,2-3H2,1H3. The van der Waals surface area contributed by atoms with Crippen molar-refractivity contribution in [1.29, 1.82) is 0 Å². The molecule has 0 aromatic heterocycles. The lowest BCUT2D eigenvalue weighted by molar-refractivity contribution is -0.0522. The zero-order chi connectivity index (χ0) is 10.6. The Balaban J connectivity index is 2.79. The van der Waals surface area contributed by atoms with E-state index < -0.39 is 18.2 Å². The van der Waals surface area contributed by atoms with Gasteiger partial charge in [-0.1, -0.05) is 19.4 Å². The van der Waals surface area contributed by atoms with Gasteiger partial charge in [-0.25, -0.2) is 4.39 Å². The van der Waals surface area contributed by atoms with Crippen LogP contribution in [-0.4, -0.2) is 6.61 Å². The molecule has 0 amide bonds. The lowest BCUT2D eigenvalue weighted by Crippen LogP contribution is -2.03. The van der Waals surface area contributed by atoms with Crippen LogP contribution in [0.4, 0.5) is 13.2 Å². The van der Waals surface area contributed by atoms with E-state index in [1.807, 2.05) is 6.92 Å². The number of alkyl halides is 2. The number of rotatable bonds is 4. The molecule has 0 aliphatic heterocycles. The van der Waals surface area contributed by atoms with Crippen LogP contribution in [0.5, 0.6) is 5.75 Å². The van der Waals surface area contributed by atoms with E-state index in [1.165, 1.54) is 12.1 Å². The van der Waals surface area contributed by atoms with Gasteiger partial charge < -0.3 is 4.74 Å². The first-order valence-electron chi connectivity index (χ1n) is 4.36. The van der Waals surface area contributed by atoms with Crippen molar-refractivity contribution >= 4 is 0 Å². The summed E-state index contributed by atoms with van der Waals surface area (Å²) in [5, 5.41) is 0. The number of hydrogen-bond acceptors (Lipinski definition) is 1. The summed E-state index contributed by atoms with van der Waals surface area (Å²) < 4.78 is 40.6. The van der Waals surface area contributed by atoms with E-state index in [2.05, 4.69) is 4.74 Å². The number of benzene rings is 1. The van der Waals surface area contributed by atoms with Crippen LogP contribution >= 0.6 is 0 Å². The zero-order valence-corrected chi connectivity index (χ0v) is 7.77. The van der Waals surface area contributed by atoms with Gasteiger partial charge in [-0.05, 0) is 24.1 Å². The Morgan fingerprint density at radius 2 is 2.07 bits per heavy atom. The maximum Gasteiger partial charge on any atom is 0.387 e. The van der Waals surface area contributed by atoms with E-state index >= 15 is 0 Å². The van der Waals surface area contributed by atoms with Gasteiger partial charge in [0.15, 0.2) is 11.6 Å². The van der Waals surface area contributed by atoms with E-state index in [0.29, 0.717) is 0 Å². The SMILES string of the molecule is CCCc1ccc(OC(F)F)c(F)c1. The van der Waals surface area contributed by atoms with E-state index in [4.69, 9.17) is 0 Å².